The third-order valence-corrected chi connectivity index (χ3v) is 9.39. The summed E-state index contributed by atoms with van der Waals surface area (Å²) >= 11 is 6.76. The highest BCUT2D eigenvalue weighted by Crippen LogP contribution is 2.46. The lowest BCUT2D eigenvalue weighted by molar-refractivity contribution is 0.0589. The van der Waals surface area contributed by atoms with Crippen molar-refractivity contribution in [3.05, 3.63) is 28.9 Å². The first kappa shape index (κ1) is 33.4. The number of hydrogen-bond acceptors (Lipinski definition) is 6. The van der Waals surface area contributed by atoms with E-state index in [-0.39, 0.29) is 58.4 Å². The summed E-state index contributed by atoms with van der Waals surface area (Å²) < 4.78 is 59.7. The lowest BCUT2D eigenvalue weighted by atomic mass is 10.1. The molecule has 1 aromatic carbocycles. The van der Waals surface area contributed by atoms with Gasteiger partial charge in [-0.3, -0.25) is 9.47 Å². The predicted octanol–water partition coefficient (Wildman–Crippen LogP) is 7.28. The van der Waals surface area contributed by atoms with Crippen LogP contribution in [-0.2, 0) is 16.2 Å². The van der Waals surface area contributed by atoms with Crippen molar-refractivity contribution in [1.29, 1.82) is 0 Å². The normalized spacial score (nSPS) is 18.0. The standard InChI is InChI=1S/C30H43ClF3N5O3Si/c1-30(2,3)42-29(40)37(6)22-13-21(33)25(34)23-24-26(38-15-18(32)12-19(38)16-36(4)5)20(31)14-35-28(24)39(27(22)23)17-41-10-11-43(7,8)9/h13-14,18-19H,10-12,15-17H2,1-9H3/t18-,19-/m0/s1. The zero-order valence-electron chi connectivity index (χ0n) is 26.5. The maximum absolute atomic E-state index is 16.1. The summed E-state index contributed by atoms with van der Waals surface area (Å²) in [4.78, 5) is 22.7. The molecule has 1 aliphatic heterocycles. The Morgan fingerprint density at radius 2 is 1.86 bits per heavy atom. The van der Waals surface area contributed by atoms with Crippen molar-refractivity contribution in [3.8, 4) is 0 Å². The number of carbonyl (C=O) groups is 1. The SMILES string of the molecule is CN(C)C[C@@H]1C[C@H](F)CN1c1c(Cl)cnc2c1c1c(F)c(F)cc(N(C)C(=O)OC(C)(C)C)c1n2COCC[Si](C)(C)C. The zero-order chi connectivity index (χ0) is 32.0. The monoisotopic (exact) mass is 641 g/mol. The fraction of sp³-hybridized carbons (Fsp3) is 0.600. The summed E-state index contributed by atoms with van der Waals surface area (Å²) in [7, 11) is 3.80. The summed E-state index contributed by atoms with van der Waals surface area (Å²) in [5.74, 6) is -2.27. The van der Waals surface area contributed by atoms with E-state index in [0.29, 0.717) is 18.8 Å². The second-order valence-electron chi connectivity index (χ2n) is 13.8. The first-order valence-electron chi connectivity index (χ1n) is 14.5. The number of hydrogen-bond donors (Lipinski definition) is 0. The van der Waals surface area contributed by atoms with Crippen LogP contribution in [0.5, 0.6) is 0 Å². The first-order chi connectivity index (χ1) is 19.9. The average Bonchev–Trinajstić information content (AvgIpc) is 3.38. The molecule has 13 heteroatoms. The van der Waals surface area contributed by atoms with Crippen molar-refractivity contribution in [3.63, 3.8) is 0 Å². The molecule has 2 aromatic heterocycles. The second-order valence-corrected chi connectivity index (χ2v) is 19.8. The highest BCUT2D eigenvalue weighted by Gasteiger charge is 2.37. The summed E-state index contributed by atoms with van der Waals surface area (Å²) in [5, 5.41) is 0.324. The van der Waals surface area contributed by atoms with Crippen molar-refractivity contribution in [2.45, 2.75) is 77.4 Å². The van der Waals surface area contributed by atoms with Crippen LogP contribution in [0.1, 0.15) is 27.2 Å². The summed E-state index contributed by atoms with van der Waals surface area (Å²) in [6.45, 7) is 12.9. The number of nitrogens with zero attached hydrogens (tertiary/aromatic N) is 5. The minimum Gasteiger partial charge on any atom is -0.443 e. The number of aromatic nitrogens is 2. The van der Waals surface area contributed by atoms with Crippen LogP contribution in [-0.4, -0.2) is 87.3 Å². The number of carbonyl (C=O) groups excluding carboxylic acids is 1. The minimum absolute atomic E-state index is 0.0361. The van der Waals surface area contributed by atoms with Gasteiger partial charge in [0.2, 0.25) is 0 Å². The van der Waals surface area contributed by atoms with Gasteiger partial charge in [0.15, 0.2) is 11.6 Å². The predicted molar refractivity (Wildman–Crippen MR) is 170 cm³/mol. The van der Waals surface area contributed by atoms with E-state index in [4.69, 9.17) is 21.1 Å². The van der Waals surface area contributed by atoms with Crippen LogP contribution >= 0.6 is 11.6 Å². The maximum Gasteiger partial charge on any atom is 0.414 e. The number of rotatable bonds is 9. The Morgan fingerprint density at radius 3 is 2.47 bits per heavy atom. The molecule has 0 spiro atoms. The summed E-state index contributed by atoms with van der Waals surface area (Å²) in [6.07, 6.45) is -0.160. The Labute approximate surface area is 257 Å². The number of benzene rings is 1. The number of fused-ring (bicyclic) bond motifs is 3. The fourth-order valence-corrected chi connectivity index (χ4v) is 6.48. The number of amides is 1. The van der Waals surface area contributed by atoms with Crippen LogP contribution in [0.4, 0.5) is 29.3 Å². The Balaban J connectivity index is 2.02. The van der Waals surface area contributed by atoms with Gasteiger partial charge in [0.25, 0.3) is 0 Å². The van der Waals surface area contributed by atoms with E-state index < -0.39 is 37.6 Å². The topological polar surface area (TPSA) is 63.1 Å². The Kier molecular flexibility index (Phi) is 9.66. The van der Waals surface area contributed by atoms with Gasteiger partial charge in [-0.2, -0.15) is 0 Å². The van der Waals surface area contributed by atoms with Crippen LogP contribution in [0.25, 0.3) is 21.9 Å². The Bertz CT molecular complexity index is 1500. The Hall–Kier alpha value is -2.54. The van der Waals surface area contributed by atoms with Gasteiger partial charge in [0, 0.05) is 53.3 Å². The largest absolute Gasteiger partial charge is 0.443 e. The minimum atomic E-state index is -1.42. The molecular formula is C30H43ClF3N5O3Si. The molecule has 2 atom stereocenters. The molecule has 0 radical (unpaired) electrons. The number of likely N-dealkylation sites (N-methyl/N-ethyl adjacent to an activating group) is 1. The highest BCUT2D eigenvalue weighted by molar-refractivity contribution is 6.76. The molecule has 1 amide bonds. The van der Waals surface area contributed by atoms with Gasteiger partial charge in [-0.25, -0.2) is 22.9 Å². The van der Waals surface area contributed by atoms with E-state index in [1.165, 1.54) is 13.2 Å². The summed E-state index contributed by atoms with van der Waals surface area (Å²) in [6, 6.07) is 1.60. The van der Waals surface area contributed by atoms with E-state index in [9.17, 15) is 9.18 Å². The zero-order valence-corrected chi connectivity index (χ0v) is 28.3. The number of pyridine rings is 1. The molecule has 3 heterocycles. The third-order valence-electron chi connectivity index (χ3n) is 7.41. The molecule has 1 saturated heterocycles. The molecule has 4 rings (SSSR count). The van der Waals surface area contributed by atoms with Gasteiger partial charge in [-0.1, -0.05) is 31.2 Å². The maximum atomic E-state index is 16.1. The lowest BCUT2D eigenvalue weighted by Gasteiger charge is -2.30. The first-order valence-corrected chi connectivity index (χ1v) is 18.6. The molecule has 1 fully saturated rings. The molecular weight excluding hydrogens is 599 g/mol. The van der Waals surface area contributed by atoms with E-state index >= 15 is 8.78 Å². The van der Waals surface area contributed by atoms with Gasteiger partial charge in [-0.15, -0.1) is 0 Å². The van der Waals surface area contributed by atoms with Gasteiger partial charge >= 0.3 is 6.09 Å². The molecule has 0 aliphatic carbocycles. The third kappa shape index (κ3) is 7.24. The molecule has 0 N–H and O–H groups in total. The van der Waals surface area contributed by atoms with Gasteiger partial charge < -0.3 is 19.3 Å². The van der Waals surface area contributed by atoms with E-state index in [1.54, 1.807) is 25.3 Å². The molecule has 238 valence electrons. The molecule has 8 nitrogen and oxygen atoms in total. The fourth-order valence-electron chi connectivity index (χ4n) is 5.47. The molecule has 3 aromatic rings. The van der Waals surface area contributed by atoms with E-state index in [1.807, 2.05) is 23.9 Å². The van der Waals surface area contributed by atoms with Gasteiger partial charge in [-0.05, 0) is 40.9 Å². The van der Waals surface area contributed by atoms with Gasteiger partial charge in [0.1, 0.15) is 24.2 Å². The van der Waals surface area contributed by atoms with Crippen molar-refractivity contribution >= 4 is 59.1 Å². The average molecular weight is 642 g/mol. The number of halogens is 4. The summed E-state index contributed by atoms with van der Waals surface area (Å²) in [5.41, 5.74) is 0.118. The molecule has 0 unspecified atom stereocenters. The Morgan fingerprint density at radius 1 is 1.19 bits per heavy atom. The number of alkyl halides is 1. The van der Waals surface area contributed by atoms with Crippen LogP contribution in [0.2, 0.25) is 30.7 Å². The second kappa shape index (κ2) is 12.5. The van der Waals surface area contributed by atoms with Gasteiger partial charge in [0.05, 0.1) is 38.9 Å². The lowest BCUT2D eigenvalue weighted by Crippen LogP contribution is -2.37. The number of ether oxygens (including phenoxy) is 2. The highest BCUT2D eigenvalue weighted by atomic mass is 35.5. The van der Waals surface area contributed by atoms with Crippen molar-refractivity contribution in [1.82, 2.24) is 14.5 Å². The van der Waals surface area contributed by atoms with Crippen LogP contribution in [0.15, 0.2) is 12.3 Å². The number of anilines is 2. The van der Waals surface area contributed by atoms with Crippen LogP contribution < -0.4 is 9.80 Å². The smallest absolute Gasteiger partial charge is 0.414 e. The molecule has 43 heavy (non-hydrogen) atoms. The molecule has 0 saturated carbocycles. The quantitative estimate of drug-likeness (QED) is 0.181. The van der Waals surface area contributed by atoms with Crippen molar-refractivity contribution in [2.75, 3.05) is 50.6 Å². The van der Waals surface area contributed by atoms with E-state index in [0.717, 1.165) is 17.0 Å². The van der Waals surface area contributed by atoms with E-state index in [2.05, 4.69) is 24.6 Å². The van der Waals surface area contributed by atoms with Crippen LogP contribution in [0.3, 0.4) is 0 Å². The molecule has 1 aliphatic rings. The van der Waals surface area contributed by atoms with Crippen molar-refractivity contribution in [2.24, 2.45) is 0 Å². The van der Waals surface area contributed by atoms with Crippen molar-refractivity contribution < 1.29 is 27.4 Å². The molecule has 0 bridgehead atoms. The van der Waals surface area contributed by atoms with Crippen LogP contribution in [0, 0.1) is 11.6 Å².